The number of nitrogens with zero attached hydrogens (tertiary/aromatic N) is 2. The maximum Gasteiger partial charge on any atom is 0.326 e. The third-order valence-corrected chi connectivity index (χ3v) is 5.22. The average molecular weight is 559 g/mol. The number of hydrogen-bond donors (Lipinski definition) is 10. The molecule has 0 aromatic heterocycles. The molecular weight excluding hydrogens is 516 g/mol. The van der Waals surface area contributed by atoms with Crippen molar-refractivity contribution in [2.75, 3.05) is 13.1 Å². The molecule has 0 aliphatic rings. The number of aliphatic imine (C=N–C) groups is 2. The number of rotatable bonds is 19. The van der Waals surface area contributed by atoms with Crippen LogP contribution in [0.5, 0.6) is 0 Å². The van der Waals surface area contributed by atoms with Gasteiger partial charge in [-0.05, 0) is 38.0 Å². The highest BCUT2D eigenvalue weighted by Gasteiger charge is 2.31. The quantitative estimate of drug-likeness (QED) is 0.0419. The van der Waals surface area contributed by atoms with Gasteiger partial charge in [-0.1, -0.05) is 13.8 Å². The molecule has 0 heterocycles. The summed E-state index contributed by atoms with van der Waals surface area (Å²) in [7, 11) is 0. The number of guanidine groups is 2. The topological polar surface area (TPSA) is 317 Å². The van der Waals surface area contributed by atoms with E-state index in [1.54, 1.807) is 13.8 Å². The minimum Gasteiger partial charge on any atom is -0.481 e. The minimum absolute atomic E-state index is 0.0568. The lowest BCUT2D eigenvalue weighted by Gasteiger charge is -2.25. The number of carbonyl (C=O) groups excluding carboxylic acids is 3. The normalized spacial score (nSPS) is 13.7. The van der Waals surface area contributed by atoms with Crippen molar-refractivity contribution in [2.24, 2.45) is 44.6 Å². The first-order valence-electron chi connectivity index (χ1n) is 12.4. The molecule has 0 aliphatic heterocycles. The summed E-state index contributed by atoms with van der Waals surface area (Å²) in [6.07, 6.45) is 0.110. The van der Waals surface area contributed by atoms with Crippen LogP contribution < -0.4 is 44.6 Å². The second-order valence-corrected chi connectivity index (χ2v) is 9.25. The molecule has 3 amide bonds. The highest BCUT2D eigenvalue weighted by Crippen LogP contribution is 2.08. The van der Waals surface area contributed by atoms with Gasteiger partial charge in [0, 0.05) is 13.1 Å². The number of nitrogens with two attached hydrogens (primary N) is 5. The summed E-state index contributed by atoms with van der Waals surface area (Å²) in [5, 5.41) is 25.8. The monoisotopic (exact) mass is 558 g/mol. The number of aliphatic carboxylic acids is 2. The zero-order valence-corrected chi connectivity index (χ0v) is 22.3. The molecule has 0 spiro atoms. The third kappa shape index (κ3) is 16.3. The fraction of sp³-hybridized carbons (Fsp3) is 0.682. The van der Waals surface area contributed by atoms with Gasteiger partial charge in [0.25, 0.3) is 0 Å². The molecule has 0 saturated carbocycles. The second-order valence-electron chi connectivity index (χ2n) is 9.25. The molecule has 17 heteroatoms. The zero-order valence-electron chi connectivity index (χ0n) is 22.3. The molecule has 0 aromatic rings. The Morgan fingerprint density at radius 2 is 1.18 bits per heavy atom. The summed E-state index contributed by atoms with van der Waals surface area (Å²) in [5.41, 5.74) is 26.8. The molecule has 0 bridgehead atoms. The predicted octanol–water partition coefficient (Wildman–Crippen LogP) is -3.52. The first kappa shape index (κ1) is 34.9. The Balaban J connectivity index is 5.43. The largest absolute Gasteiger partial charge is 0.481 e. The van der Waals surface area contributed by atoms with Crippen LogP contribution in [0.2, 0.25) is 0 Å². The average Bonchev–Trinajstić information content (AvgIpc) is 2.81. The van der Waals surface area contributed by atoms with E-state index in [1.807, 2.05) is 0 Å². The first-order valence-corrected chi connectivity index (χ1v) is 12.4. The van der Waals surface area contributed by atoms with Crippen LogP contribution >= 0.6 is 0 Å². The molecule has 222 valence electrons. The van der Waals surface area contributed by atoms with Gasteiger partial charge in [-0.3, -0.25) is 29.2 Å². The Labute approximate surface area is 226 Å². The van der Waals surface area contributed by atoms with E-state index >= 15 is 0 Å². The van der Waals surface area contributed by atoms with Gasteiger partial charge in [0.2, 0.25) is 17.7 Å². The van der Waals surface area contributed by atoms with Crippen LogP contribution in [0.4, 0.5) is 0 Å². The molecule has 4 atom stereocenters. The molecule has 15 N–H and O–H groups in total. The molecule has 0 saturated heterocycles. The fourth-order valence-electron chi connectivity index (χ4n) is 3.32. The van der Waals surface area contributed by atoms with Crippen molar-refractivity contribution in [3.05, 3.63) is 0 Å². The zero-order chi connectivity index (χ0) is 30.1. The van der Waals surface area contributed by atoms with Gasteiger partial charge in [-0.15, -0.1) is 0 Å². The number of hydrogen-bond acceptors (Lipinski definition) is 8. The van der Waals surface area contributed by atoms with Crippen LogP contribution in [0.3, 0.4) is 0 Å². The molecule has 0 radical (unpaired) electrons. The van der Waals surface area contributed by atoms with E-state index in [-0.39, 0.29) is 56.6 Å². The minimum atomic E-state index is -1.62. The van der Waals surface area contributed by atoms with Crippen LogP contribution in [0.25, 0.3) is 0 Å². The standard InChI is InChI=1S/C22H42N10O7/c1-11(2)9-14(31-17(35)12(23)5-3-7-28-21(24)25)18(36)32-15(10-16(33)34)19(37)30-13(20(38)39)6-4-8-29-22(26)27/h11-15H,3-10,23H2,1-2H3,(H,30,37)(H,31,35)(H,32,36)(H,33,34)(H,38,39)(H4,24,25,28)(H4,26,27,29). The Morgan fingerprint density at radius 1 is 0.718 bits per heavy atom. The van der Waals surface area contributed by atoms with Crippen LogP contribution in [0.15, 0.2) is 9.98 Å². The van der Waals surface area contributed by atoms with Gasteiger partial charge in [-0.25, -0.2) is 4.79 Å². The number of carboxylic acid groups (broad SMARTS) is 2. The number of nitrogens with one attached hydrogen (secondary N) is 3. The van der Waals surface area contributed by atoms with E-state index in [9.17, 15) is 34.2 Å². The van der Waals surface area contributed by atoms with Crippen molar-refractivity contribution in [3.63, 3.8) is 0 Å². The highest BCUT2D eigenvalue weighted by molar-refractivity contribution is 5.95. The Bertz CT molecular complexity index is 902. The first-order chi connectivity index (χ1) is 18.1. The van der Waals surface area contributed by atoms with Crippen molar-refractivity contribution in [1.29, 1.82) is 0 Å². The molecule has 0 fully saturated rings. The summed E-state index contributed by atoms with van der Waals surface area (Å²) in [4.78, 5) is 68.9. The number of amides is 3. The van der Waals surface area contributed by atoms with E-state index in [0.717, 1.165) is 0 Å². The van der Waals surface area contributed by atoms with Gasteiger partial charge in [-0.2, -0.15) is 0 Å². The van der Waals surface area contributed by atoms with E-state index in [2.05, 4.69) is 25.9 Å². The molecule has 4 unspecified atom stereocenters. The SMILES string of the molecule is CC(C)CC(NC(=O)C(N)CCCN=C(N)N)C(=O)NC(CC(=O)O)C(=O)NC(CCCN=C(N)N)C(=O)O. The molecular formula is C22H42N10O7. The molecule has 39 heavy (non-hydrogen) atoms. The lowest BCUT2D eigenvalue weighted by molar-refractivity contribution is -0.143. The summed E-state index contributed by atoms with van der Waals surface area (Å²) in [6, 6.07) is -5.12. The Kier molecular flexibility index (Phi) is 16.2. The lowest BCUT2D eigenvalue weighted by Crippen LogP contribution is -2.57. The highest BCUT2D eigenvalue weighted by atomic mass is 16.4. The molecule has 0 rings (SSSR count). The van der Waals surface area contributed by atoms with E-state index in [4.69, 9.17) is 28.7 Å². The summed E-state index contributed by atoms with van der Waals surface area (Å²) < 4.78 is 0. The summed E-state index contributed by atoms with van der Waals surface area (Å²) in [5.74, 6) is -5.61. The van der Waals surface area contributed by atoms with Crippen molar-refractivity contribution in [2.45, 2.75) is 76.5 Å². The smallest absolute Gasteiger partial charge is 0.326 e. The van der Waals surface area contributed by atoms with Gasteiger partial charge in [0.05, 0.1) is 12.5 Å². The predicted molar refractivity (Wildman–Crippen MR) is 143 cm³/mol. The second kappa shape index (κ2) is 18.2. The van der Waals surface area contributed by atoms with Gasteiger partial charge in [0.1, 0.15) is 18.1 Å². The van der Waals surface area contributed by atoms with Crippen LogP contribution in [-0.4, -0.2) is 89.0 Å². The molecule has 0 aromatic carbocycles. The van der Waals surface area contributed by atoms with Crippen molar-refractivity contribution < 1.29 is 34.2 Å². The summed E-state index contributed by atoms with van der Waals surface area (Å²) in [6.45, 7) is 3.97. The fourth-order valence-corrected chi connectivity index (χ4v) is 3.32. The van der Waals surface area contributed by atoms with E-state index in [1.165, 1.54) is 0 Å². The van der Waals surface area contributed by atoms with Crippen molar-refractivity contribution >= 4 is 41.6 Å². The van der Waals surface area contributed by atoms with Crippen LogP contribution in [0, 0.1) is 5.92 Å². The number of carbonyl (C=O) groups is 5. The van der Waals surface area contributed by atoms with E-state index < -0.39 is 60.2 Å². The maximum absolute atomic E-state index is 13.0. The van der Waals surface area contributed by atoms with Crippen LogP contribution in [0.1, 0.15) is 52.4 Å². The third-order valence-electron chi connectivity index (χ3n) is 5.22. The Hall–Kier alpha value is -4.15. The van der Waals surface area contributed by atoms with Crippen molar-refractivity contribution in [1.82, 2.24) is 16.0 Å². The van der Waals surface area contributed by atoms with Gasteiger partial charge >= 0.3 is 11.9 Å². The number of carboxylic acids is 2. The maximum atomic E-state index is 13.0. The lowest BCUT2D eigenvalue weighted by atomic mass is 10.0. The van der Waals surface area contributed by atoms with Crippen molar-refractivity contribution in [3.8, 4) is 0 Å². The van der Waals surface area contributed by atoms with E-state index in [0.29, 0.717) is 6.42 Å². The van der Waals surface area contributed by atoms with Gasteiger partial charge in [0.15, 0.2) is 11.9 Å². The molecule has 0 aliphatic carbocycles. The Morgan fingerprint density at radius 3 is 1.64 bits per heavy atom. The summed E-state index contributed by atoms with van der Waals surface area (Å²) >= 11 is 0. The van der Waals surface area contributed by atoms with Gasteiger partial charge < -0.3 is 54.8 Å². The molecule has 17 nitrogen and oxygen atoms in total. The van der Waals surface area contributed by atoms with Crippen LogP contribution in [-0.2, 0) is 24.0 Å².